The van der Waals surface area contributed by atoms with Crippen LogP contribution in [0.15, 0.2) is 41.3 Å². The van der Waals surface area contributed by atoms with Gasteiger partial charge in [0.1, 0.15) is 12.0 Å². The summed E-state index contributed by atoms with van der Waals surface area (Å²) < 4.78 is 28.8. The maximum Gasteiger partial charge on any atom is 0.262 e. The maximum atomic E-state index is 14.5. The number of carbonyl (C=O) groups is 3. The summed E-state index contributed by atoms with van der Waals surface area (Å²) in [4.78, 5) is 40.8. The van der Waals surface area contributed by atoms with Gasteiger partial charge in [-0.15, -0.1) is 0 Å². The van der Waals surface area contributed by atoms with Crippen molar-refractivity contribution in [3.63, 3.8) is 0 Å². The van der Waals surface area contributed by atoms with Crippen LogP contribution in [0.1, 0.15) is 75.4 Å². The molecule has 0 bridgehead atoms. The molecule has 12 heteroatoms. The van der Waals surface area contributed by atoms with Crippen molar-refractivity contribution in [1.82, 2.24) is 0 Å². The van der Waals surface area contributed by atoms with Gasteiger partial charge in [-0.3, -0.25) is 19.1 Å². The summed E-state index contributed by atoms with van der Waals surface area (Å²) in [6, 6.07) is 9.03. The third kappa shape index (κ3) is 4.55. The molecule has 7 N–H and O–H groups in total. The molecule has 0 spiro atoms. The fraction of sp³-hybridized carbons (Fsp3) is 0.545. The number of phenolic OH excluding ortho intramolecular Hbond substituents is 1. The van der Waals surface area contributed by atoms with Gasteiger partial charge in [-0.25, -0.2) is 8.42 Å². The van der Waals surface area contributed by atoms with E-state index in [2.05, 4.69) is 4.72 Å². The minimum Gasteiger partial charge on any atom is -0.505 e. The highest BCUT2D eigenvalue weighted by Crippen LogP contribution is 2.66. The van der Waals surface area contributed by atoms with Crippen LogP contribution >= 0.6 is 0 Å². The van der Waals surface area contributed by atoms with E-state index < -0.39 is 79.6 Å². The van der Waals surface area contributed by atoms with Gasteiger partial charge in [0.15, 0.2) is 22.9 Å². The Morgan fingerprint density at radius 2 is 1.67 bits per heavy atom. The van der Waals surface area contributed by atoms with Gasteiger partial charge in [0.2, 0.25) is 5.91 Å². The zero-order chi connectivity index (χ0) is 33.6. The number of rotatable bonds is 6. The van der Waals surface area contributed by atoms with E-state index in [-0.39, 0.29) is 40.8 Å². The highest BCUT2D eigenvalue weighted by atomic mass is 32.2. The number of sulfonamides is 1. The monoisotopic (exact) mass is 642 g/mol. The summed E-state index contributed by atoms with van der Waals surface area (Å²) in [5.41, 5.74) is 1.01. The standard InChI is InChI=1S/C33H42N2O9S/c1-15(2)18-12-20(35-45(43,44)17-10-8-7-9-11-17)25(36)21-19(18)13-31(5)14-32(6)23(16(3)4)27(38)22(30(34)41)28(39)33(32,42)29(40)24(31)26(21)37/h7-12,15-16,22-24,27,29,35-36,38,40,42H,13-14H2,1-6H3,(H2,34,41)/t22-,23+,24-,27?,29?,31-,32-,33+/m1/s1. The first-order valence-corrected chi connectivity index (χ1v) is 16.7. The average Bonchev–Trinajstić information content (AvgIpc) is 2.92. The number of carbonyl (C=O) groups excluding carboxylic acids is 3. The lowest BCUT2D eigenvalue weighted by Crippen LogP contribution is -2.79. The predicted octanol–water partition coefficient (Wildman–Crippen LogP) is 2.50. The van der Waals surface area contributed by atoms with Crippen LogP contribution in [0.5, 0.6) is 5.75 Å². The van der Waals surface area contributed by atoms with E-state index in [4.69, 9.17) is 5.73 Å². The van der Waals surface area contributed by atoms with Gasteiger partial charge in [0.25, 0.3) is 10.0 Å². The molecule has 45 heavy (non-hydrogen) atoms. The molecule has 0 aliphatic heterocycles. The van der Waals surface area contributed by atoms with Gasteiger partial charge in [0.05, 0.1) is 28.2 Å². The molecule has 8 atom stereocenters. The minimum absolute atomic E-state index is 0.0151. The van der Waals surface area contributed by atoms with Gasteiger partial charge in [-0.2, -0.15) is 0 Å². The van der Waals surface area contributed by atoms with Crippen molar-refractivity contribution >= 4 is 33.2 Å². The second-order valence-corrected chi connectivity index (χ2v) is 16.0. The van der Waals surface area contributed by atoms with Crippen molar-refractivity contribution < 1.29 is 43.2 Å². The number of amides is 1. The molecule has 5 rings (SSSR count). The Bertz CT molecular complexity index is 1690. The van der Waals surface area contributed by atoms with Crippen LogP contribution in [0.4, 0.5) is 5.69 Å². The lowest BCUT2D eigenvalue weighted by atomic mass is 9.39. The normalized spacial score (nSPS) is 34.7. The molecule has 2 aromatic carbocycles. The van der Waals surface area contributed by atoms with Crippen molar-refractivity contribution in [2.75, 3.05) is 4.72 Å². The molecule has 2 aromatic rings. The number of phenols is 1. The number of benzene rings is 2. The Labute approximate surface area is 262 Å². The molecule has 11 nitrogen and oxygen atoms in total. The third-order valence-corrected chi connectivity index (χ3v) is 12.1. The van der Waals surface area contributed by atoms with Crippen LogP contribution in [0.2, 0.25) is 0 Å². The SMILES string of the molecule is CC(C)c1cc(NS(=O)(=O)c2ccccc2)c(O)c2c1C[C@]1(C)C[C@]3(C)[C@@H](C(C)C)C(O)[C@@H](C(N)=O)C(=O)[C@]3(O)C(O)[C@H]1C2=O. The number of hydrogen-bond acceptors (Lipinski definition) is 9. The Hall–Kier alpha value is -3.32. The number of hydrogen-bond donors (Lipinski definition) is 6. The van der Waals surface area contributed by atoms with Crippen LogP contribution in [-0.2, 0) is 26.0 Å². The molecule has 2 fully saturated rings. The first-order valence-electron chi connectivity index (χ1n) is 15.2. The van der Waals surface area contributed by atoms with E-state index in [1.807, 2.05) is 13.8 Å². The van der Waals surface area contributed by atoms with E-state index in [0.717, 1.165) is 0 Å². The maximum absolute atomic E-state index is 14.5. The summed E-state index contributed by atoms with van der Waals surface area (Å²) >= 11 is 0. The van der Waals surface area contributed by atoms with Crippen molar-refractivity contribution in [3.05, 3.63) is 53.1 Å². The number of anilines is 1. The third-order valence-electron chi connectivity index (χ3n) is 10.7. The van der Waals surface area contributed by atoms with Gasteiger partial charge in [-0.05, 0) is 65.3 Å². The predicted molar refractivity (Wildman–Crippen MR) is 165 cm³/mol. The fourth-order valence-corrected chi connectivity index (χ4v) is 10.1. The van der Waals surface area contributed by atoms with Crippen LogP contribution in [0.25, 0.3) is 0 Å². The van der Waals surface area contributed by atoms with Crippen LogP contribution in [0.3, 0.4) is 0 Å². The first kappa shape index (κ1) is 33.1. The van der Waals surface area contributed by atoms with E-state index >= 15 is 0 Å². The quantitative estimate of drug-likeness (QED) is 0.202. The molecule has 244 valence electrons. The number of primary amides is 1. The second-order valence-electron chi connectivity index (χ2n) is 14.3. The molecule has 3 aliphatic rings. The van der Waals surface area contributed by atoms with E-state index in [0.29, 0.717) is 11.1 Å². The molecular weight excluding hydrogens is 600 g/mol. The van der Waals surface area contributed by atoms with Crippen LogP contribution in [0, 0.1) is 34.5 Å². The number of Topliss-reactive ketones (excluding diaryl/α,β-unsaturated/α-hetero) is 2. The molecule has 0 saturated heterocycles. The summed E-state index contributed by atoms with van der Waals surface area (Å²) in [6.45, 7) is 10.7. The first-order chi connectivity index (χ1) is 20.7. The summed E-state index contributed by atoms with van der Waals surface area (Å²) in [7, 11) is -4.17. The molecule has 1 amide bonds. The number of aromatic hydroxyl groups is 1. The van der Waals surface area contributed by atoms with E-state index in [9.17, 15) is 43.2 Å². The highest BCUT2D eigenvalue weighted by Gasteiger charge is 2.76. The number of aliphatic hydroxyl groups excluding tert-OH is 2. The summed E-state index contributed by atoms with van der Waals surface area (Å²) in [5, 5.41) is 47.1. The Kier molecular flexibility index (Phi) is 7.80. The number of nitrogens with two attached hydrogens (primary N) is 1. The minimum atomic E-state index is -4.17. The molecule has 0 aromatic heterocycles. The van der Waals surface area contributed by atoms with Gasteiger partial charge >= 0.3 is 0 Å². The zero-order valence-corrected chi connectivity index (χ0v) is 27.1. The summed E-state index contributed by atoms with van der Waals surface area (Å²) in [6.07, 6.45) is -3.39. The Morgan fingerprint density at radius 1 is 1.07 bits per heavy atom. The number of fused-ring (bicyclic) bond motifs is 3. The lowest BCUT2D eigenvalue weighted by Gasteiger charge is -2.66. The zero-order valence-electron chi connectivity index (χ0n) is 26.2. The smallest absolute Gasteiger partial charge is 0.262 e. The fourth-order valence-electron chi connectivity index (χ4n) is 9.02. The van der Waals surface area contributed by atoms with E-state index in [1.165, 1.54) is 18.2 Å². The number of ketones is 2. The molecular formula is C33H42N2O9S. The van der Waals surface area contributed by atoms with Crippen molar-refractivity contribution in [3.8, 4) is 5.75 Å². The molecule has 2 saturated carbocycles. The summed E-state index contributed by atoms with van der Waals surface area (Å²) in [5.74, 6) is -8.35. The van der Waals surface area contributed by atoms with Gasteiger partial charge < -0.3 is 26.2 Å². The van der Waals surface area contributed by atoms with Crippen molar-refractivity contribution in [2.24, 2.45) is 40.2 Å². The molecule has 0 heterocycles. The largest absolute Gasteiger partial charge is 0.505 e. The molecule has 3 aliphatic carbocycles. The molecule has 2 unspecified atom stereocenters. The highest BCUT2D eigenvalue weighted by molar-refractivity contribution is 7.92. The lowest BCUT2D eigenvalue weighted by molar-refractivity contribution is -0.265. The van der Waals surface area contributed by atoms with Gasteiger partial charge in [-0.1, -0.05) is 59.7 Å². The van der Waals surface area contributed by atoms with Crippen LogP contribution in [-0.4, -0.2) is 64.1 Å². The Morgan fingerprint density at radius 3 is 2.20 bits per heavy atom. The van der Waals surface area contributed by atoms with Gasteiger partial charge in [0, 0.05) is 5.41 Å². The number of nitrogens with one attached hydrogen (secondary N) is 1. The second kappa shape index (κ2) is 10.6. The van der Waals surface area contributed by atoms with Crippen molar-refractivity contribution in [1.29, 1.82) is 0 Å². The van der Waals surface area contributed by atoms with E-state index in [1.54, 1.807) is 45.9 Å². The van der Waals surface area contributed by atoms with Crippen LogP contribution < -0.4 is 10.5 Å². The Balaban J connectivity index is 1.71. The average molecular weight is 643 g/mol. The topological polar surface area (TPSA) is 204 Å². The molecule has 0 radical (unpaired) electrons. The van der Waals surface area contributed by atoms with Crippen molar-refractivity contribution in [2.45, 2.75) is 83.0 Å². The number of aliphatic hydroxyl groups is 3.